The first-order chi connectivity index (χ1) is 12.2. The monoisotopic (exact) mass is 505 g/mol. The lowest BCUT2D eigenvalue weighted by Gasteiger charge is -2.21. The molecular weight excluding hydrogens is 474 g/mol. The van der Waals surface area contributed by atoms with E-state index < -0.39 is 11.9 Å². The van der Waals surface area contributed by atoms with Gasteiger partial charge in [0.05, 0.1) is 12.6 Å². The summed E-state index contributed by atoms with van der Waals surface area (Å²) in [6.07, 6.45) is -2.22. The van der Waals surface area contributed by atoms with Crippen LogP contribution in [0.15, 0.2) is 11.2 Å². The molecule has 158 valence electrons. The molecule has 0 spiro atoms. The summed E-state index contributed by atoms with van der Waals surface area (Å²) in [7, 11) is 1.46. The van der Waals surface area contributed by atoms with Crippen molar-refractivity contribution in [1.29, 1.82) is 0 Å². The topological polar surface area (TPSA) is 63.5 Å². The number of nitrogens with zero attached hydrogens (tertiary/aromatic N) is 3. The SMILES string of the molecule is CCNC(=NCc1cn(C)nc1C(F)(F)F)NCCC(OCC)C(C)C.I. The van der Waals surface area contributed by atoms with Crippen molar-refractivity contribution in [3.63, 3.8) is 0 Å². The number of guanidine groups is 1. The summed E-state index contributed by atoms with van der Waals surface area (Å²) in [5.41, 5.74) is -0.845. The molecule has 1 unspecified atom stereocenters. The minimum Gasteiger partial charge on any atom is -0.378 e. The third kappa shape index (κ3) is 9.13. The van der Waals surface area contributed by atoms with E-state index in [1.54, 1.807) is 0 Å². The molecule has 0 aliphatic heterocycles. The number of hydrogen-bond donors (Lipinski definition) is 2. The minimum absolute atomic E-state index is 0. The van der Waals surface area contributed by atoms with Gasteiger partial charge in [0.2, 0.25) is 0 Å². The highest BCUT2D eigenvalue weighted by Gasteiger charge is 2.36. The van der Waals surface area contributed by atoms with Gasteiger partial charge in [-0.3, -0.25) is 4.68 Å². The lowest BCUT2D eigenvalue weighted by Crippen LogP contribution is -2.39. The molecule has 2 N–H and O–H groups in total. The third-order valence-corrected chi connectivity index (χ3v) is 3.77. The number of nitrogens with one attached hydrogen (secondary N) is 2. The van der Waals surface area contributed by atoms with Gasteiger partial charge in [0.1, 0.15) is 0 Å². The lowest BCUT2D eigenvalue weighted by atomic mass is 10.0. The van der Waals surface area contributed by atoms with Gasteiger partial charge in [-0.05, 0) is 26.2 Å². The zero-order chi connectivity index (χ0) is 19.7. The zero-order valence-electron chi connectivity index (χ0n) is 16.6. The Balaban J connectivity index is 0.00000676. The van der Waals surface area contributed by atoms with Crippen molar-refractivity contribution in [3.8, 4) is 0 Å². The Morgan fingerprint density at radius 1 is 1.30 bits per heavy atom. The first-order valence-corrected chi connectivity index (χ1v) is 8.92. The van der Waals surface area contributed by atoms with E-state index in [0.717, 1.165) is 11.1 Å². The van der Waals surface area contributed by atoms with Gasteiger partial charge >= 0.3 is 6.18 Å². The van der Waals surface area contributed by atoms with Crippen LogP contribution in [0.2, 0.25) is 0 Å². The van der Waals surface area contributed by atoms with Gasteiger partial charge < -0.3 is 15.4 Å². The van der Waals surface area contributed by atoms with Crippen LogP contribution in [0.4, 0.5) is 13.2 Å². The van der Waals surface area contributed by atoms with Gasteiger partial charge in [0.15, 0.2) is 11.7 Å². The Morgan fingerprint density at radius 3 is 2.48 bits per heavy atom. The zero-order valence-corrected chi connectivity index (χ0v) is 18.9. The summed E-state index contributed by atoms with van der Waals surface area (Å²) in [5, 5.41) is 9.69. The first-order valence-electron chi connectivity index (χ1n) is 8.92. The van der Waals surface area contributed by atoms with Crippen molar-refractivity contribution in [2.24, 2.45) is 18.0 Å². The minimum atomic E-state index is -4.49. The molecule has 0 aliphatic rings. The lowest BCUT2D eigenvalue weighted by molar-refractivity contribution is -0.142. The molecule has 0 bridgehead atoms. The molecule has 27 heavy (non-hydrogen) atoms. The summed E-state index contributed by atoms with van der Waals surface area (Å²) in [4.78, 5) is 4.26. The van der Waals surface area contributed by atoms with E-state index in [-0.39, 0.29) is 42.2 Å². The highest BCUT2D eigenvalue weighted by molar-refractivity contribution is 14.0. The molecule has 0 aromatic carbocycles. The Labute approximate surface area is 176 Å². The normalized spacial score (nSPS) is 13.4. The van der Waals surface area contributed by atoms with Crippen LogP contribution in [0.5, 0.6) is 0 Å². The second kappa shape index (κ2) is 12.4. The van der Waals surface area contributed by atoms with E-state index in [9.17, 15) is 13.2 Å². The smallest absolute Gasteiger partial charge is 0.378 e. The van der Waals surface area contributed by atoms with Crippen LogP contribution in [0.25, 0.3) is 0 Å². The van der Waals surface area contributed by atoms with Crippen LogP contribution in [0.3, 0.4) is 0 Å². The summed E-state index contributed by atoms with van der Waals surface area (Å²) in [6.45, 7) is 9.84. The Hall–Kier alpha value is -1.04. The first kappa shape index (κ1) is 26.0. The number of ether oxygens (including phenoxy) is 1. The molecule has 0 saturated heterocycles. The average molecular weight is 505 g/mol. The predicted octanol–water partition coefficient (Wildman–Crippen LogP) is 3.56. The van der Waals surface area contributed by atoms with Crippen LogP contribution in [0.1, 0.15) is 45.4 Å². The fourth-order valence-electron chi connectivity index (χ4n) is 2.55. The highest BCUT2D eigenvalue weighted by atomic mass is 127. The maximum Gasteiger partial charge on any atom is 0.435 e. The van der Waals surface area contributed by atoms with E-state index in [0.29, 0.717) is 31.6 Å². The van der Waals surface area contributed by atoms with E-state index >= 15 is 0 Å². The summed E-state index contributed by atoms with van der Waals surface area (Å²) >= 11 is 0. The number of hydrogen-bond acceptors (Lipinski definition) is 3. The second-order valence-corrected chi connectivity index (χ2v) is 6.32. The van der Waals surface area contributed by atoms with Crippen molar-refractivity contribution < 1.29 is 17.9 Å². The predicted molar refractivity (Wildman–Crippen MR) is 111 cm³/mol. The van der Waals surface area contributed by atoms with Gasteiger partial charge in [0, 0.05) is 38.5 Å². The summed E-state index contributed by atoms with van der Waals surface area (Å²) in [5.74, 6) is 0.865. The van der Waals surface area contributed by atoms with Gasteiger partial charge in [-0.15, -0.1) is 24.0 Å². The molecule has 0 amide bonds. The molecule has 0 saturated carbocycles. The molecule has 1 atom stereocenters. The number of rotatable bonds is 9. The quantitative estimate of drug-likeness (QED) is 0.306. The number of aliphatic imine (C=N–C) groups is 1. The second-order valence-electron chi connectivity index (χ2n) is 6.32. The van der Waals surface area contributed by atoms with Crippen molar-refractivity contribution in [2.75, 3.05) is 19.7 Å². The van der Waals surface area contributed by atoms with Gasteiger partial charge in [-0.1, -0.05) is 13.8 Å². The molecule has 0 radical (unpaired) electrons. The Bertz CT molecular complexity index is 575. The fourth-order valence-corrected chi connectivity index (χ4v) is 2.55. The van der Waals surface area contributed by atoms with Crippen molar-refractivity contribution >= 4 is 29.9 Å². The highest BCUT2D eigenvalue weighted by Crippen LogP contribution is 2.30. The van der Waals surface area contributed by atoms with Crippen molar-refractivity contribution in [3.05, 3.63) is 17.5 Å². The van der Waals surface area contributed by atoms with E-state index in [1.807, 2.05) is 13.8 Å². The number of halogens is 4. The molecule has 1 aromatic rings. The molecule has 6 nitrogen and oxygen atoms in total. The van der Waals surface area contributed by atoms with Crippen LogP contribution in [0, 0.1) is 5.92 Å². The standard InChI is InChI=1S/C17H30F3N5O.HI/c1-6-21-16(22-9-8-14(12(3)4)26-7-2)23-10-13-11-25(5)24-15(13)17(18,19)20;/h11-12,14H,6-10H2,1-5H3,(H2,21,22,23);1H. The van der Waals surface area contributed by atoms with E-state index in [2.05, 4.69) is 34.6 Å². The summed E-state index contributed by atoms with van der Waals surface area (Å²) in [6, 6.07) is 0. The number of alkyl halides is 3. The van der Waals surface area contributed by atoms with E-state index in [4.69, 9.17) is 4.74 Å². The molecule has 0 aliphatic carbocycles. The molecular formula is C17H31F3IN5O. The Kier molecular flexibility index (Phi) is 11.9. The number of aryl methyl sites for hydroxylation is 1. The molecule has 0 fully saturated rings. The molecule has 1 heterocycles. The van der Waals surface area contributed by atoms with Crippen LogP contribution < -0.4 is 10.6 Å². The van der Waals surface area contributed by atoms with Crippen molar-refractivity contribution in [1.82, 2.24) is 20.4 Å². The van der Waals surface area contributed by atoms with Gasteiger partial charge in [-0.2, -0.15) is 18.3 Å². The fraction of sp³-hybridized carbons (Fsp3) is 0.765. The van der Waals surface area contributed by atoms with Crippen LogP contribution in [-0.4, -0.2) is 41.5 Å². The van der Waals surface area contributed by atoms with E-state index in [1.165, 1.54) is 13.2 Å². The van der Waals surface area contributed by atoms with Crippen LogP contribution >= 0.6 is 24.0 Å². The summed E-state index contributed by atoms with van der Waals surface area (Å²) < 4.78 is 45.9. The average Bonchev–Trinajstić information content (AvgIpc) is 2.92. The Morgan fingerprint density at radius 2 is 1.96 bits per heavy atom. The third-order valence-electron chi connectivity index (χ3n) is 3.77. The molecule has 1 rings (SSSR count). The van der Waals surface area contributed by atoms with Crippen molar-refractivity contribution in [2.45, 2.75) is 52.9 Å². The van der Waals surface area contributed by atoms with Crippen LogP contribution in [-0.2, 0) is 24.5 Å². The van der Waals surface area contributed by atoms with Gasteiger partial charge in [-0.25, -0.2) is 4.99 Å². The maximum atomic E-state index is 13.0. The molecule has 1 aromatic heterocycles. The largest absolute Gasteiger partial charge is 0.435 e. The number of aromatic nitrogens is 2. The van der Waals surface area contributed by atoms with Gasteiger partial charge in [0.25, 0.3) is 0 Å². The molecule has 10 heteroatoms. The maximum absolute atomic E-state index is 13.0.